The fourth-order valence-corrected chi connectivity index (χ4v) is 3.73. The molecule has 0 spiro atoms. The highest BCUT2D eigenvalue weighted by Crippen LogP contribution is 2.36. The number of rotatable bonds is 6. The van der Waals surface area contributed by atoms with Crippen molar-refractivity contribution in [3.63, 3.8) is 0 Å². The van der Waals surface area contributed by atoms with E-state index in [0.29, 0.717) is 11.5 Å². The maximum absolute atomic E-state index is 5.52. The summed E-state index contributed by atoms with van der Waals surface area (Å²) in [5, 5.41) is 7.57. The Morgan fingerprint density at radius 3 is 2.46 bits per heavy atom. The molecule has 28 heavy (non-hydrogen) atoms. The summed E-state index contributed by atoms with van der Waals surface area (Å²) in [5.41, 5.74) is 5.40. The number of benzene rings is 2. The monoisotopic (exact) mass is 394 g/mol. The first kappa shape index (κ1) is 18.6. The van der Waals surface area contributed by atoms with Gasteiger partial charge in [0.25, 0.3) is 0 Å². The molecule has 144 valence electrons. The summed E-state index contributed by atoms with van der Waals surface area (Å²) in [6.07, 6.45) is 4.07. The SMILES string of the molecule is COc1cc2ncc3c(C)cn(-c4ccc(CNSN)cc4)c3c2cc1OC. The van der Waals surface area contributed by atoms with E-state index < -0.39 is 0 Å². The van der Waals surface area contributed by atoms with Crippen molar-refractivity contribution < 1.29 is 9.47 Å². The van der Waals surface area contributed by atoms with Crippen LogP contribution >= 0.6 is 12.1 Å². The van der Waals surface area contributed by atoms with E-state index in [4.69, 9.17) is 14.6 Å². The highest BCUT2D eigenvalue weighted by atomic mass is 32.2. The van der Waals surface area contributed by atoms with Gasteiger partial charge in [0, 0.05) is 53.6 Å². The number of aromatic nitrogens is 2. The Labute approximate surface area is 167 Å². The van der Waals surface area contributed by atoms with E-state index in [-0.39, 0.29) is 0 Å². The maximum atomic E-state index is 5.52. The molecule has 0 unspecified atom stereocenters. The first-order valence-electron chi connectivity index (χ1n) is 8.86. The lowest BCUT2D eigenvalue weighted by Crippen LogP contribution is -2.06. The second-order valence-electron chi connectivity index (χ2n) is 6.53. The lowest BCUT2D eigenvalue weighted by molar-refractivity contribution is 0.356. The highest BCUT2D eigenvalue weighted by Gasteiger charge is 2.15. The average molecular weight is 395 g/mol. The summed E-state index contributed by atoms with van der Waals surface area (Å²) in [5.74, 6) is 1.36. The van der Waals surface area contributed by atoms with Crippen LogP contribution in [0.2, 0.25) is 0 Å². The Kier molecular flexibility index (Phi) is 5.13. The van der Waals surface area contributed by atoms with Gasteiger partial charge in [-0.15, -0.1) is 0 Å². The molecule has 0 saturated heterocycles. The zero-order valence-electron chi connectivity index (χ0n) is 16.0. The number of fused-ring (bicyclic) bond motifs is 3. The van der Waals surface area contributed by atoms with E-state index in [1.54, 1.807) is 14.2 Å². The molecule has 0 bridgehead atoms. The number of methoxy groups -OCH3 is 2. The van der Waals surface area contributed by atoms with Gasteiger partial charge in [0.15, 0.2) is 11.5 Å². The molecule has 0 radical (unpaired) electrons. The Hall–Kier alpha value is -2.74. The quantitative estimate of drug-likeness (QED) is 0.479. The Balaban J connectivity index is 1.92. The fraction of sp³-hybridized carbons (Fsp3) is 0.190. The van der Waals surface area contributed by atoms with Crippen LogP contribution in [0.3, 0.4) is 0 Å². The van der Waals surface area contributed by atoms with Crippen molar-refractivity contribution in [3.05, 3.63) is 59.9 Å². The van der Waals surface area contributed by atoms with Crippen LogP contribution in [-0.4, -0.2) is 23.8 Å². The minimum absolute atomic E-state index is 0.673. The molecule has 0 atom stereocenters. The molecule has 0 aliphatic carbocycles. The van der Waals surface area contributed by atoms with Gasteiger partial charge in [0.2, 0.25) is 0 Å². The van der Waals surface area contributed by atoms with Crippen molar-refractivity contribution in [3.8, 4) is 17.2 Å². The fourth-order valence-electron chi connectivity index (χ4n) is 3.48. The van der Waals surface area contributed by atoms with E-state index in [0.717, 1.165) is 46.2 Å². The largest absolute Gasteiger partial charge is 0.493 e. The Bertz CT molecular complexity index is 1140. The summed E-state index contributed by atoms with van der Waals surface area (Å²) < 4.78 is 16.2. The van der Waals surface area contributed by atoms with Crippen LogP contribution in [0.15, 0.2) is 48.8 Å². The molecule has 7 heteroatoms. The van der Waals surface area contributed by atoms with Gasteiger partial charge in [-0.3, -0.25) is 10.1 Å². The van der Waals surface area contributed by atoms with Crippen molar-refractivity contribution >= 4 is 33.9 Å². The molecule has 0 saturated carbocycles. The molecule has 4 rings (SSSR count). The number of nitrogens with two attached hydrogens (primary N) is 1. The van der Waals surface area contributed by atoms with Crippen LogP contribution in [0.4, 0.5) is 0 Å². The molecule has 0 amide bonds. The van der Waals surface area contributed by atoms with Crippen molar-refractivity contribution in [1.29, 1.82) is 0 Å². The third-order valence-corrected chi connectivity index (χ3v) is 5.22. The average Bonchev–Trinajstić information content (AvgIpc) is 3.08. The number of aryl methyl sites for hydroxylation is 1. The molecule has 4 aromatic rings. The second kappa shape index (κ2) is 7.71. The number of ether oxygens (including phenoxy) is 2. The summed E-state index contributed by atoms with van der Waals surface area (Å²) >= 11 is 1.13. The van der Waals surface area contributed by atoms with Crippen LogP contribution in [0.1, 0.15) is 11.1 Å². The minimum Gasteiger partial charge on any atom is -0.493 e. The zero-order chi connectivity index (χ0) is 19.7. The normalized spacial score (nSPS) is 11.3. The Morgan fingerprint density at radius 1 is 1.07 bits per heavy atom. The van der Waals surface area contributed by atoms with Crippen LogP contribution < -0.4 is 19.3 Å². The molecule has 6 nitrogen and oxygen atoms in total. The summed E-state index contributed by atoms with van der Waals surface area (Å²) in [6, 6.07) is 12.4. The van der Waals surface area contributed by atoms with Gasteiger partial charge in [-0.25, -0.2) is 4.72 Å². The predicted octanol–water partition coefficient (Wildman–Crippen LogP) is 4.12. The molecule has 0 aliphatic rings. The van der Waals surface area contributed by atoms with Crippen LogP contribution in [0, 0.1) is 6.92 Å². The lowest BCUT2D eigenvalue weighted by Gasteiger charge is -2.12. The molecular formula is C21H22N4O2S. The van der Waals surface area contributed by atoms with Crippen LogP contribution in [-0.2, 0) is 6.54 Å². The van der Waals surface area contributed by atoms with Crippen LogP contribution in [0.25, 0.3) is 27.5 Å². The third-order valence-electron chi connectivity index (χ3n) is 4.91. The van der Waals surface area contributed by atoms with Gasteiger partial charge in [0.05, 0.1) is 25.3 Å². The van der Waals surface area contributed by atoms with Gasteiger partial charge in [-0.05, 0) is 36.2 Å². The van der Waals surface area contributed by atoms with E-state index in [2.05, 4.69) is 51.7 Å². The maximum Gasteiger partial charge on any atom is 0.162 e. The number of hydrogen-bond acceptors (Lipinski definition) is 6. The number of pyridine rings is 1. The smallest absolute Gasteiger partial charge is 0.162 e. The van der Waals surface area contributed by atoms with Gasteiger partial charge in [0.1, 0.15) is 0 Å². The Morgan fingerprint density at radius 2 is 1.79 bits per heavy atom. The molecule has 0 fully saturated rings. The summed E-state index contributed by atoms with van der Waals surface area (Å²) in [6.45, 7) is 2.82. The first-order valence-corrected chi connectivity index (χ1v) is 9.74. The van der Waals surface area contributed by atoms with E-state index in [1.807, 2.05) is 18.3 Å². The molecule has 0 aliphatic heterocycles. The molecule has 3 N–H and O–H groups in total. The minimum atomic E-state index is 0.673. The number of nitrogens with one attached hydrogen (secondary N) is 1. The van der Waals surface area contributed by atoms with Gasteiger partial charge >= 0.3 is 0 Å². The molecule has 2 aromatic carbocycles. The number of nitrogens with zero attached hydrogens (tertiary/aromatic N) is 2. The molecule has 2 aromatic heterocycles. The highest BCUT2D eigenvalue weighted by molar-refractivity contribution is 7.95. The number of hydrogen-bond donors (Lipinski definition) is 2. The van der Waals surface area contributed by atoms with Crippen molar-refractivity contribution in [2.45, 2.75) is 13.5 Å². The first-order chi connectivity index (χ1) is 13.7. The lowest BCUT2D eigenvalue weighted by atomic mass is 10.1. The van der Waals surface area contributed by atoms with Gasteiger partial charge in [-0.1, -0.05) is 12.1 Å². The van der Waals surface area contributed by atoms with E-state index in [1.165, 1.54) is 11.1 Å². The third kappa shape index (κ3) is 3.17. The van der Waals surface area contributed by atoms with Crippen molar-refractivity contribution in [1.82, 2.24) is 14.3 Å². The van der Waals surface area contributed by atoms with Gasteiger partial charge in [-0.2, -0.15) is 0 Å². The molecular weight excluding hydrogens is 372 g/mol. The topological polar surface area (TPSA) is 74.3 Å². The predicted molar refractivity (Wildman–Crippen MR) is 115 cm³/mol. The summed E-state index contributed by atoms with van der Waals surface area (Å²) in [4.78, 5) is 4.64. The van der Waals surface area contributed by atoms with Crippen LogP contribution in [0.5, 0.6) is 11.5 Å². The zero-order valence-corrected chi connectivity index (χ0v) is 16.8. The molecule has 2 heterocycles. The standard InChI is InChI=1S/C21H22N4O2S/c1-13-12-25(15-6-4-14(5-7-15)10-24-28-22)21-16-8-19(26-2)20(27-3)9-18(16)23-11-17(13)21/h4-9,11-12,24H,10,22H2,1-3H3. The van der Waals surface area contributed by atoms with E-state index >= 15 is 0 Å². The van der Waals surface area contributed by atoms with E-state index in [9.17, 15) is 0 Å². The second-order valence-corrected chi connectivity index (χ2v) is 7.06. The summed E-state index contributed by atoms with van der Waals surface area (Å²) in [7, 11) is 3.28. The van der Waals surface area contributed by atoms with Crippen molar-refractivity contribution in [2.24, 2.45) is 5.14 Å². The van der Waals surface area contributed by atoms with Gasteiger partial charge < -0.3 is 14.0 Å². The van der Waals surface area contributed by atoms with Crippen molar-refractivity contribution in [2.75, 3.05) is 14.2 Å².